The highest BCUT2D eigenvalue weighted by Gasteiger charge is 2.28. The van der Waals surface area contributed by atoms with Crippen molar-refractivity contribution in [3.05, 3.63) is 24.0 Å². The van der Waals surface area contributed by atoms with Crippen molar-refractivity contribution in [1.29, 1.82) is 0 Å². The topological polar surface area (TPSA) is 48.4 Å². The molecule has 0 atom stereocenters. The highest BCUT2D eigenvalue weighted by molar-refractivity contribution is 7.62. The molecule has 0 radical (unpaired) electrons. The average Bonchev–Trinajstić information content (AvgIpc) is 2.16. The lowest BCUT2D eigenvalue weighted by Gasteiger charge is -2.16. The van der Waals surface area contributed by atoms with Crippen LogP contribution in [0.15, 0.2) is 12.1 Å². The van der Waals surface area contributed by atoms with Gasteiger partial charge in [0.2, 0.25) is 11.9 Å². The molecule has 0 aliphatic rings. The Morgan fingerprint density at radius 2 is 1.62 bits per heavy atom. The number of pyridine rings is 1. The van der Waals surface area contributed by atoms with Gasteiger partial charge in [0.15, 0.2) is 0 Å². The first-order chi connectivity index (χ1) is 7.51. The molecule has 90 valence electrons. The lowest BCUT2D eigenvalue weighted by Crippen LogP contribution is -2.13. The molecular weight excluding hydrogens is 239 g/mol. The predicted molar refractivity (Wildman–Crippen MR) is 54.6 cm³/mol. The van der Waals surface area contributed by atoms with Gasteiger partial charge in [-0.2, -0.15) is 13.8 Å². The average molecular weight is 251 g/mol. The van der Waals surface area contributed by atoms with Crippen LogP contribution in [0, 0.1) is 11.9 Å². The number of rotatable bonds is 5. The molecule has 0 saturated heterocycles. The van der Waals surface area contributed by atoms with Crippen molar-refractivity contribution in [3.63, 3.8) is 0 Å². The fourth-order valence-corrected chi connectivity index (χ4v) is 2.72. The maximum absolute atomic E-state index is 12.9. The van der Waals surface area contributed by atoms with Crippen LogP contribution in [0.5, 0.6) is 0 Å². The van der Waals surface area contributed by atoms with Crippen LogP contribution in [0.1, 0.15) is 13.8 Å². The zero-order valence-corrected chi connectivity index (χ0v) is 9.84. The van der Waals surface area contributed by atoms with Crippen LogP contribution in [-0.4, -0.2) is 18.2 Å². The smallest absolute Gasteiger partial charge is 0.305 e. The summed E-state index contributed by atoms with van der Waals surface area (Å²) in [4.78, 5) is 2.90. The van der Waals surface area contributed by atoms with Gasteiger partial charge in [0, 0.05) is 12.1 Å². The molecule has 0 spiro atoms. The van der Waals surface area contributed by atoms with Crippen LogP contribution in [-0.2, 0) is 13.6 Å². The molecule has 16 heavy (non-hydrogen) atoms. The van der Waals surface area contributed by atoms with E-state index in [1.165, 1.54) is 0 Å². The molecule has 1 aromatic rings. The SMILES string of the molecule is CCOP(=O)(OCC)c1cc(F)nc(F)c1. The monoisotopic (exact) mass is 251 g/mol. The molecule has 0 aliphatic heterocycles. The molecule has 0 N–H and O–H groups in total. The molecule has 1 heterocycles. The normalized spacial score (nSPS) is 11.8. The fraction of sp³-hybridized carbons (Fsp3) is 0.444. The van der Waals surface area contributed by atoms with Crippen molar-refractivity contribution < 1.29 is 22.4 Å². The fourth-order valence-electron chi connectivity index (χ4n) is 1.14. The van der Waals surface area contributed by atoms with E-state index in [9.17, 15) is 13.3 Å². The third-order valence-electron chi connectivity index (χ3n) is 1.66. The predicted octanol–water partition coefficient (Wildman–Crippen LogP) is 2.25. The van der Waals surface area contributed by atoms with Crippen LogP contribution >= 0.6 is 7.60 Å². The molecule has 0 unspecified atom stereocenters. The highest BCUT2D eigenvalue weighted by atomic mass is 31.2. The second-order valence-electron chi connectivity index (χ2n) is 2.80. The second kappa shape index (κ2) is 5.48. The van der Waals surface area contributed by atoms with Gasteiger partial charge in [-0.15, -0.1) is 0 Å². The largest absolute Gasteiger partial charge is 0.361 e. The molecule has 1 aromatic heterocycles. The Hall–Kier alpha value is -0.840. The van der Waals surface area contributed by atoms with Gasteiger partial charge in [0.1, 0.15) is 0 Å². The molecule has 4 nitrogen and oxygen atoms in total. The van der Waals surface area contributed by atoms with Crippen LogP contribution in [0.2, 0.25) is 0 Å². The van der Waals surface area contributed by atoms with Crippen molar-refractivity contribution in [2.24, 2.45) is 0 Å². The lowest BCUT2D eigenvalue weighted by molar-refractivity contribution is 0.229. The minimum atomic E-state index is -3.65. The summed E-state index contributed by atoms with van der Waals surface area (Å²) in [5, 5.41) is -0.166. The van der Waals surface area contributed by atoms with E-state index >= 15 is 0 Å². The number of hydrogen-bond donors (Lipinski definition) is 0. The Balaban J connectivity index is 3.15. The number of halogens is 2. The van der Waals surface area contributed by atoms with Crippen LogP contribution < -0.4 is 5.30 Å². The second-order valence-corrected chi connectivity index (χ2v) is 4.83. The molecule has 0 aliphatic carbocycles. The Labute approximate surface area is 92.1 Å². The third-order valence-corrected chi connectivity index (χ3v) is 3.75. The zero-order valence-electron chi connectivity index (χ0n) is 8.94. The van der Waals surface area contributed by atoms with Gasteiger partial charge in [-0.1, -0.05) is 0 Å². The quantitative estimate of drug-likeness (QED) is 0.595. The first kappa shape index (κ1) is 13.2. The van der Waals surface area contributed by atoms with Gasteiger partial charge in [0.25, 0.3) is 0 Å². The zero-order chi connectivity index (χ0) is 12.2. The minimum Gasteiger partial charge on any atom is -0.305 e. The molecule has 7 heteroatoms. The van der Waals surface area contributed by atoms with E-state index < -0.39 is 19.5 Å². The molecule has 0 amide bonds. The van der Waals surface area contributed by atoms with Crippen LogP contribution in [0.4, 0.5) is 8.78 Å². The van der Waals surface area contributed by atoms with Gasteiger partial charge in [0.05, 0.1) is 18.5 Å². The van der Waals surface area contributed by atoms with E-state index in [0.29, 0.717) is 0 Å². The highest BCUT2D eigenvalue weighted by Crippen LogP contribution is 2.46. The minimum absolute atomic E-state index is 0.114. The van der Waals surface area contributed by atoms with Gasteiger partial charge < -0.3 is 9.05 Å². The number of nitrogens with zero attached hydrogens (tertiary/aromatic N) is 1. The summed E-state index contributed by atoms with van der Waals surface area (Å²) in [6.45, 7) is 3.45. The third kappa shape index (κ3) is 3.07. The summed E-state index contributed by atoms with van der Waals surface area (Å²) in [6.07, 6.45) is 0. The summed E-state index contributed by atoms with van der Waals surface area (Å²) in [7, 11) is -3.65. The van der Waals surface area contributed by atoms with Gasteiger partial charge >= 0.3 is 7.60 Å². The Morgan fingerprint density at radius 1 is 1.19 bits per heavy atom. The van der Waals surface area contributed by atoms with E-state index in [1.54, 1.807) is 13.8 Å². The Kier molecular flexibility index (Phi) is 4.53. The summed E-state index contributed by atoms with van der Waals surface area (Å²) >= 11 is 0. The van der Waals surface area contributed by atoms with Gasteiger partial charge in [-0.3, -0.25) is 4.57 Å². The maximum Gasteiger partial charge on any atom is 0.361 e. The molecule has 0 fully saturated rings. The van der Waals surface area contributed by atoms with Crippen molar-refractivity contribution >= 4 is 12.9 Å². The summed E-state index contributed by atoms with van der Waals surface area (Å²) in [5.41, 5.74) is 0. The standard InChI is InChI=1S/C9H12F2NO3P/c1-3-14-16(13,15-4-2)7-5-8(10)12-9(11)6-7/h5-6H,3-4H2,1-2H3. The summed E-state index contributed by atoms with van der Waals surface area (Å²) < 4.78 is 47.7. The van der Waals surface area contributed by atoms with E-state index in [4.69, 9.17) is 9.05 Å². The van der Waals surface area contributed by atoms with Crippen molar-refractivity contribution in [2.45, 2.75) is 13.8 Å². The van der Waals surface area contributed by atoms with Crippen LogP contribution in [0.3, 0.4) is 0 Å². The van der Waals surface area contributed by atoms with Gasteiger partial charge in [-0.25, -0.2) is 0 Å². The van der Waals surface area contributed by atoms with E-state index in [0.717, 1.165) is 12.1 Å². The van der Waals surface area contributed by atoms with Crippen molar-refractivity contribution in [3.8, 4) is 0 Å². The van der Waals surface area contributed by atoms with Crippen LogP contribution in [0.25, 0.3) is 0 Å². The molecule has 0 bridgehead atoms. The molecule has 0 aromatic carbocycles. The van der Waals surface area contributed by atoms with E-state index in [1.807, 2.05) is 0 Å². The number of hydrogen-bond acceptors (Lipinski definition) is 4. The van der Waals surface area contributed by atoms with E-state index in [2.05, 4.69) is 4.98 Å². The summed E-state index contributed by atoms with van der Waals surface area (Å²) in [6, 6.07) is 1.68. The first-order valence-corrected chi connectivity index (χ1v) is 6.29. The first-order valence-electron chi connectivity index (χ1n) is 4.74. The van der Waals surface area contributed by atoms with Gasteiger partial charge in [-0.05, 0) is 13.8 Å². The van der Waals surface area contributed by atoms with E-state index in [-0.39, 0.29) is 18.5 Å². The Bertz CT molecular complexity index is 383. The summed E-state index contributed by atoms with van der Waals surface area (Å²) in [5.74, 6) is -2.12. The maximum atomic E-state index is 12.9. The number of aromatic nitrogens is 1. The molecule has 0 saturated carbocycles. The van der Waals surface area contributed by atoms with Crippen molar-refractivity contribution in [2.75, 3.05) is 13.2 Å². The Morgan fingerprint density at radius 3 is 2.00 bits per heavy atom. The van der Waals surface area contributed by atoms with Crippen molar-refractivity contribution in [1.82, 2.24) is 4.98 Å². The molecule has 1 rings (SSSR count). The molecular formula is C9H12F2NO3P. The lowest BCUT2D eigenvalue weighted by atomic mass is 10.5.